The molecule has 8 nitrogen and oxygen atoms in total. The highest BCUT2D eigenvalue weighted by atomic mass is 32.2. The van der Waals surface area contributed by atoms with E-state index in [4.69, 9.17) is 15.2 Å². The van der Waals surface area contributed by atoms with Crippen LogP contribution in [0.1, 0.15) is 52.0 Å². The maximum atomic E-state index is 11.5. The summed E-state index contributed by atoms with van der Waals surface area (Å²) < 4.78 is 29.1. The number of nitrogens with one attached hydrogen (secondary N) is 2. The monoisotopic (exact) mass is 396 g/mol. The molecule has 1 aromatic rings. The van der Waals surface area contributed by atoms with E-state index in [1.807, 2.05) is 32.9 Å². The van der Waals surface area contributed by atoms with Gasteiger partial charge in [-0.3, -0.25) is 4.72 Å². The van der Waals surface area contributed by atoms with E-state index in [2.05, 4.69) is 14.4 Å². The molecule has 1 aliphatic rings. The summed E-state index contributed by atoms with van der Waals surface area (Å²) in [7, 11) is 0. The van der Waals surface area contributed by atoms with Crippen molar-refractivity contribution in [3.63, 3.8) is 0 Å². The lowest BCUT2D eigenvalue weighted by atomic mass is 10.1. The summed E-state index contributed by atoms with van der Waals surface area (Å²) in [6, 6.07) is 5.43. The third-order valence-corrected chi connectivity index (χ3v) is 4.41. The summed E-state index contributed by atoms with van der Waals surface area (Å²) in [5, 5.41) is 2.75. The van der Waals surface area contributed by atoms with E-state index in [0.717, 1.165) is 25.7 Å². The Hall–Kier alpha value is -2.29. The van der Waals surface area contributed by atoms with E-state index < -0.39 is 16.8 Å². The zero-order valence-corrected chi connectivity index (χ0v) is 16.9. The summed E-state index contributed by atoms with van der Waals surface area (Å²) in [4.78, 5) is 11.5. The van der Waals surface area contributed by atoms with E-state index >= 15 is 0 Å². The van der Waals surface area contributed by atoms with Crippen molar-refractivity contribution in [1.29, 1.82) is 0 Å². The van der Waals surface area contributed by atoms with Crippen molar-refractivity contribution < 1.29 is 18.5 Å². The van der Waals surface area contributed by atoms with Crippen molar-refractivity contribution in [3.05, 3.63) is 23.8 Å². The van der Waals surface area contributed by atoms with Gasteiger partial charge in [0.25, 0.3) is 0 Å². The molecule has 150 valence electrons. The molecule has 0 aliphatic carbocycles. The molecule has 1 atom stereocenters. The summed E-state index contributed by atoms with van der Waals surface area (Å²) in [5.74, 6) is 0.843. The van der Waals surface area contributed by atoms with Crippen LogP contribution in [0.25, 0.3) is 0 Å². The molecule has 1 unspecified atom stereocenters. The number of nitrogens with zero attached hydrogens (tertiary/aromatic N) is 1. The fourth-order valence-electron chi connectivity index (χ4n) is 2.52. The predicted molar refractivity (Wildman–Crippen MR) is 107 cm³/mol. The Balaban J connectivity index is 1.64. The molecule has 0 radical (unpaired) electrons. The summed E-state index contributed by atoms with van der Waals surface area (Å²) >= 11 is -1.54. The predicted octanol–water partition coefficient (Wildman–Crippen LogP) is 2.86. The Kier molecular flexibility index (Phi) is 7.46. The van der Waals surface area contributed by atoms with E-state index in [0.29, 0.717) is 30.2 Å². The maximum absolute atomic E-state index is 11.5. The van der Waals surface area contributed by atoms with Crippen molar-refractivity contribution in [1.82, 2.24) is 5.32 Å². The Bertz CT molecular complexity index is 716. The SMILES string of the molecule is CC(C)(C)OC(=O)NCCCCCCOc1cccc2c1C(N)=NS(=O)N2. The lowest BCUT2D eigenvalue weighted by molar-refractivity contribution is 0.0527. The van der Waals surface area contributed by atoms with Crippen LogP contribution < -0.4 is 20.5 Å². The molecule has 0 fully saturated rings. The molecule has 0 spiro atoms. The first-order chi connectivity index (χ1) is 12.8. The zero-order valence-electron chi connectivity index (χ0n) is 16.0. The molecule has 4 N–H and O–H groups in total. The number of unbranched alkanes of at least 4 members (excludes halogenated alkanes) is 3. The third kappa shape index (κ3) is 7.09. The van der Waals surface area contributed by atoms with E-state index in [9.17, 15) is 9.00 Å². The molecule has 27 heavy (non-hydrogen) atoms. The van der Waals surface area contributed by atoms with Crippen LogP contribution in [-0.2, 0) is 15.9 Å². The zero-order chi connectivity index (χ0) is 19.9. The van der Waals surface area contributed by atoms with Gasteiger partial charge in [-0.2, -0.15) is 4.40 Å². The van der Waals surface area contributed by atoms with Crippen molar-refractivity contribution in [2.45, 2.75) is 52.1 Å². The standard InChI is InChI=1S/C18H28N4O4S/c1-18(2,3)26-17(23)20-11-6-4-5-7-12-25-14-10-8-9-13-15(14)16(19)22-27(24)21-13/h8-10,21H,4-7,11-12H2,1-3H3,(H2,19,22)(H,20,23). The van der Waals surface area contributed by atoms with Gasteiger partial charge < -0.3 is 20.5 Å². The van der Waals surface area contributed by atoms with Gasteiger partial charge in [-0.1, -0.05) is 18.9 Å². The van der Waals surface area contributed by atoms with Crippen molar-refractivity contribution in [3.8, 4) is 5.75 Å². The van der Waals surface area contributed by atoms with Gasteiger partial charge in [0, 0.05) is 6.54 Å². The second-order valence-electron chi connectivity index (χ2n) is 7.20. The molecular weight excluding hydrogens is 368 g/mol. The molecule has 0 aromatic heterocycles. The molecule has 1 amide bonds. The van der Waals surface area contributed by atoms with Crippen LogP contribution in [0, 0.1) is 0 Å². The van der Waals surface area contributed by atoms with Crippen LogP contribution in [0.5, 0.6) is 5.75 Å². The molecule has 9 heteroatoms. The molecule has 1 aromatic carbocycles. The highest BCUT2D eigenvalue weighted by molar-refractivity contribution is 7.85. The molecule has 0 saturated heterocycles. The number of benzene rings is 1. The van der Waals surface area contributed by atoms with Crippen LogP contribution in [0.3, 0.4) is 0 Å². The normalized spacial score (nSPS) is 16.0. The second kappa shape index (κ2) is 9.59. The highest BCUT2D eigenvalue weighted by Gasteiger charge is 2.20. The Morgan fingerprint density at radius 1 is 1.26 bits per heavy atom. The van der Waals surface area contributed by atoms with Crippen molar-refractivity contribution in [2.75, 3.05) is 17.9 Å². The largest absolute Gasteiger partial charge is 0.493 e. The Morgan fingerprint density at radius 3 is 2.74 bits per heavy atom. The smallest absolute Gasteiger partial charge is 0.407 e. The summed E-state index contributed by atoms with van der Waals surface area (Å²) in [6.45, 7) is 6.66. The van der Waals surface area contributed by atoms with E-state index in [1.54, 1.807) is 6.07 Å². The number of amidine groups is 1. The van der Waals surface area contributed by atoms with E-state index in [-0.39, 0.29) is 11.9 Å². The third-order valence-electron chi connectivity index (χ3n) is 3.66. The average Bonchev–Trinajstić information content (AvgIpc) is 2.55. The number of hydrogen-bond donors (Lipinski definition) is 3. The van der Waals surface area contributed by atoms with Gasteiger partial charge in [0.05, 0.1) is 17.9 Å². The minimum Gasteiger partial charge on any atom is -0.493 e. The number of amides is 1. The first-order valence-electron chi connectivity index (χ1n) is 9.02. The van der Waals surface area contributed by atoms with Crippen LogP contribution in [0.2, 0.25) is 0 Å². The van der Waals surface area contributed by atoms with Gasteiger partial charge in [0.2, 0.25) is 11.2 Å². The van der Waals surface area contributed by atoms with Gasteiger partial charge in [-0.05, 0) is 45.7 Å². The molecule has 0 saturated carbocycles. The molecule has 1 heterocycles. The highest BCUT2D eigenvalue weighted by Crippen LogP contribution is 2.29. The molecular formula is C18H28N4O4S. The van der Waals surface area contributed by atoms with Gasteiger partial charge in [0.15, 0.2) is 0 Å². The summed E-state index contributed by atoms with van der Waals surface area (Å²) in [6.07, 6.45) is 3.35. The van der Waals surface area contributed by atoms with Crippen molar-refractivity contribution in [2.24, 2.45) is 10.1 Å². The maximum Gasteiger partial charge on any atom is 0.407 e. The van der Waals surface area contributed by atoms with Gasteiger partial charge in [-0.25, -0.2) is 9.00 Å². The first kappa shape index (κ1) is 21.0. The fourth-order valence-corrected chi connectivity index (χ4v) is 3.19. The number of alkyl carbamates (subject to hydrolysis) is 1. The molecule has 0 bridgehead atoms. The van der Waals surface area contributed by atoms with Gasteiger partial charge >= 0.3 is 6.09 Å². The quantitative estimate of drug-likeness (QED) is 0.585. The van der Waals surface area contributed by atoms with Gasteiger partial charge in [0.1, 0.15) is 17.2 Å². The van der Waals surface area contributed by atoms with Crippen LogP contribution in [0.15, 0.2) is 22.6 Å². The lowest BCUT2D eigenvalue weighted by Crippen LogP contribution is -2.32. The number of carbonyl (C=O) groups is 1. The Labute approximate surface area is 162 Å². The topological polar surface area (TPSA) is 115 Å². The van der Waals surface area contributed by atoms with Crippen LogP contribution in [-0.4, -0.2) is 34.9 Å². The van der Waals surface area contributed by atoms with Crippen molar-refractivity contribution >= 4 is 28.8 Å². The van der Waals surface area contributed by atoms with Crippen LogP contribution >= 0.6 is 0 Å². The summed E-state index contributed by atoms with van der Waals surface area (Å²) in [5.41, 5.74) is 6.71. The molecule has 2 rings (SSSR count). The number of anilines is 1. The minimum absolute atomic E-state index is 0.214. The minimum atomic E-state index is -1.54. The number of fused-ring (bicyclic) bond motifs is 1. The number of hydrogen-bond acceptors (Lipinski definition) is 5. The first-order valence-corrected chi connectivity index (χ1v) is 10.1. The van der Waals surface area contributed by atoms with E-state index in [1.165, 1.54) is 0 Å². The molecule has 1 aliphatic heterocycles. The second-order valence-corrected chi connectivity index (χ2v) is 8.08. The lowest BCUT2D eigenvalue weighted by Gasteiger charge is -2.19. The van der Waals surface area contributed by atoms with Crippen LogP contribution in [0.4, 0.5) is 10.5 Å². The number of nitrogens with two attached hydrogens (primary N) is 1. The number of carbonyl (C=O) groups excluding carboxylic acids is 1. The Morgan fingerprint density at radius 2 is 2.00 bits per heavy atom. The van der Waals surface area contributed by atoms with Gasteiger partial charge in [-0.15, -0.1) is 0 Å². The number of ether oxygens (including phenoxy) is 2. The average molecular weight is 397 g/mol. The fraction of sp³-hybridized carbons (Fsp3) is 0.556. The number of rotatable bonds is 8.